The van der Waals surface area contributed by atoms with Crippen LogP contribution >= 0.6 is 0 Å². The molecular weight excluding hydrogens is 240 g/mol. The molecule has 2 heterocycles. The minimum Gasteiger partial charge on any atom is -0.363 e. The molecule has 0 unspecified atom stereocenters. The molecule has 1 amide bonds. The van der Waals surface area contributed by atoms with Crippen LogP contribution in [0.15, 0.2) is 18.3 Å². The molecule has 0 radical (unpaired) electrons. The highest BCUT2D eigenvalue weighted by molar-refractivity contribution is 5.76. The van der Waals surface area contributed by atoms with E-state index < -0.39 is 0 Å². The number of carbonyl (C=O) groups excluding carboxylic acids is 1. The highest BCUT2D eigenvalue weighted by atomic mass is 16.1. The molecule has 5 heteroatoms. The van der Waals surface area contributed by atoms with Crippen LogP contribution in [0, 0.1) is 0 Å². The van der Waals surface area contributed by atoms with Crippen LogP contribution < -0.4 is 10.2 Å². The topological polar surface area (TPSA) is 48.5 Å². The number of hydrogen-bond donors (Lipinski definition) is 1. The van der Waals surface area contributed by atoms with Crippen LogP contribution in [-0.2, 0) is 11.3 Å². The normalized spacial score (nSPS) is 20.8. The predicted octanol–water partition coefficient (Wildman–Crippen LogP) is 0.858. The SMILES string of the molecule is C[C@@H]1CNC(=O)CCN1Cc1ccc(N(C)C)nc1. The lowest BCUT2D eigenvalue weighted by Crippen LogP contribution is -2.37. The van der Waals surface area contributed by atoms with Crippen LogP contribution in [0.1, 0.15) is 18.9 Å². The van der Waals surface area contributed by atoms with E-state index in [1.807, 2.05) is 31.3 Å². The van der Waals surface area contributed by atoms with Gasteiger partial charge in [-0.2, -0.15) is 0 Å². The van der Waals surface area contributed by atoms with Crippen molar-refractivity contribution in [1.29, 1.82) is 0 Å². The van der Waals surface area contributed by atoms with Crippen molar-refractivity contribution in [3.8, 4) is 0 Å². The van der Waals surface area contributed by atoms with Crippen LogP contribution in [0.4, 0.5) is 5.82 Å². The third-order valence-corrected chi connectivity index (χ3v) is 3.50. The summed E-state index contributed by atoms with van der Waals surface area (Å²) in [5.74, 6) is 1.11. The first kappa shape index (κ1) is 13.8. The molecule has 1 saturated heterocycles. The lowest BCUT2D eigenvalue weighted by Gasteiger charge is -2.26. The van der Waals surface area contributed by atoms with Gasteiger partial charge in [-0.05, 0) is 18.6 Å². The number of rotatable bonds is 3. The molecule has 0 spiro atoms. The van der Waals surface area contributed by atoms with Gasteiger partial charge in [-0.15, -0.1) is 0 Å². The van der Waals surface area contributed by atoms with Crippen molar-refractivity contribution in [2.24, 2.45) is 0 Å². The van der Waals surface area contributed by atoms with Crippen molar-refractivity contribution < 1.29 is 4.79 Å². The summed E-state index contributed by atoms with van der Waals surface area (Å²) < 4.78 is 0. The molecule has 1 atom stereocenters. The van der Waals surface area contributed by atoms with Crippen molar-refractivity contribution >= 4 is 11.7 Å². The Labute approximate surface area is 114 Å². The molecule has 0 aliphatic carbocycles. The zero-order valence-electron chi connectivity index (χ0n) is 11.9. The second-order valence-electron chi connectivity index (χ2n) is 5.29. The van der Waals surface area contributed by atoms with E-state index in [1.54, 1.807) is 0 Å². The Morgan fingerprint density at radius 3 is 2.89 bits per heavy atom. The number of carbonyl (C=O) groups is 1. The number of nitrogens with one attached hydrogen (secondary N) is 1. The van der Waals surface area contributed by atoms with Crippen molar-refractivity contribution in [3.63, 3.8) is 0 Å². The summed E-state index contributed by atoms with van der Waals surface area (Å²) in [5, 5.41) is 2.93. The fourth-order valence-electron chi connectivity index (χ4n) is 2.19. The molecule has 1 aromatic rings. The molecule has 0 bridgehead atoms. The molecule has 1 aliphatic heterocycles. The first-order valence-corrected chi connectivity index (χ1v) is 6.69. The van der Waals surface area contributed by atoms with E-state index in [-0.39, 0.29) is 5.91 Å². The number of anilines is 1. The fraction of sp³-hybridized carbons (Fsp3) is 0.571. The van der Waals surface area contributed by atoms with Crippen molar-refractivity contribution in [2.75, 3.05) is 32.1 Å². The third-order valence-electron chi connectivity index (χ3n) is 3.50. The van der Waals surface area contributed by atoms with Gasteiger partial charge in [0, 0.05) is 52.4 Å². The van der Waals surface area contributed by atoms with Crippen LogP contribution in [0.3, 0.4) is 0 Å². The van der Waals surface area contributed by atoms with Gasteiger partial charge >= 0.3 is 0 Å². The van der Waals surface area contributed by atoms with E-state index in [4.69, 9.17) is 0 Å². The smallest absolute Gasteiger partial charge is 0.221 e. The Balaban J connectivity index is 2.01. The maximum atomic E-state index is 11.4. The summed E-state index contributed by atoms with van der Waals surface area (Å²) in [4.78, 5) is 20.1. The number of pyridine rings is 1. The molecule has 1 N–H and O–H groups in total. The van der Waals surface area contributed by atoms with Crippen LogP contribution in [0.25, 0.3) is 0 Å². The average molecular weight is 262 g/mol. The van der Waals surface area contributed by atoms with Crippen LogP contribution in [-0.4, -0.2) is 49.0 Å². The zero-order chi connectivity index (χ0) is 13.8. The van der Waals surface area contributed by atoms with Crippen LogP contribution in [0.2, 0.25) is 0 Å². The minimum absolute atomic E-state index is 0.149. The molecule has 2 rings (SSSR count). The predicted molar refractivity (Wildman–Crippen MR) is 76.1 cm³/mol. The number of aromatic nitrogens is 1. The maximum absolute atomic E-state index is 11.4. The van der Waals surface area contributed by atoms with E-state index in [9.17, 15) is 4.79 Å². The van der Waals surface area contributed by atoms with E-state index in [1.165, 1.54) is 5.56 Å². The molecule has 104 valence electrons. The molecule has 19 heavy (non-hydrogen) atoms. The van der Waals surface area contributed by atoms with Crippen molar-refractivity contribution in [2.45, 2.75) is 25.9 Å². The Morgan fingerprint density at radius 1 is 1.47 bits per heavy atom. The first-order valence-electron chi connectivity index (χ1n) is 6.69. The highest BCUT2D eigenvalue weighted by Crippen LogP contribution is 2.13. The monoisotopic (exact) mass is 262 g/mol. The quantitative estimate of drug-likeness (QED) is 0.877. The standard InChI is InChI=1S/C14H22N4O/c1-11-8-16-14(19)6-7-18(11)10-12-4-5-13(15-9-12)17(2)3/h4-5,9,11H,6-8,10H2,1-3H3,(H,16,19)/t11-/m1/s1. The lowest BCUT2D eigenvalue weighted by molar-refractivity contribution is -0.120. The highest BCUT2D eigenvalue weighted by Gasteiger charge is 2.20. The van der Waals surface area contributed by atoms with Gasteiger partial charge in [-0.1, -0.05) is 6.07 Å². The van der Waals surface area contributed by atoms with Gasteiger partial charge in [0.2, 0.25) is 5.91 Å². The van der Waals surface area contributed by atoms with E-state index >= 15 is 0 Å². The second kappa shape index (κ2) is 6.02. The number of amides is 1. The van der Waals surface area contributed by atoms with Gasteiger partial charge in [0.05, 0.1) is 0 Å². The maximum Gasteiger partial charge on any atom is 0.221 e. The van der Waals surface area contributed by atoms with E-state index in [2.05, 4.69) is 28.2 Å². The molecule has 5 nitrogen and oxygen atoms in total. The molecular formula is C14H22N4O. The van der Waals surface area contributed by atoms with Crippen molar-refractivity contribution in [3.05, 3.63) is 23.9 Å². The van der Waals surface area contributed by atoms with Crippen molar-refractivity contribution in [1.82, 2.24) is 15.2 Å². The average Bonchev–Trinajstić information content (AvgIpc) is 2.55. The van der Waals surface area contributed by atoms with Gasteiger partial charge in [0.25, 0.3) is 0 Å². The lowest BCUT2D eigenvalue weighted by atomic mass is 10.2. The van der Waals surface area contributed by atoms with Gasteiger partial charge in [0.1, 0.15) is 5.82 Å². The van der Waals surface area contributed by atoms with Gasteiger partial charge in [-0.25, -0.2) is 4.98 Å². The Morgan fingerprint density at radius 2 is 2.26 bits per heavy atom. The molecule has 0 saturated carbocycles. The number of nitrogens with zero attached hydrogens (tertiary/aromatic N) is 3. The fourth-order valence-corrected chi connectivity index (χ4v) is 2.19. The summed E-state index contributed by atoms with van der Waals surface area (Å²) in [6, 6.07) is 4.50. The van der Waals surface area contributed by atoms with Gasteiger partial charge < -0.3 is 10.2 Å². The summed E-state index contributed by atoms with van der Waals surface area (Å²) in [6.45, 7) is 4.52. The van der Waals surface area contributed by atoms with Gasteiger partial charge in [-0.3, -0.25) is 9.69 Å². The largest absolute Gasteiger partial charge is 0.363 e. The first-order chi connectivity index (χ1) is 9.06. The molecule has 1 aromatic heterocycles. The number of hydrogen-bond acceptors (Lipinski definition) is 4. The van der Waals surface area contributed by atoms with E-state index in [0.717, 1.165) is 25.5 Å². The molecule has 1 aliphatic rings. The van der Waals surface area contributed by atoms with Crippen LogP contribution in [0.5, 0.6) is 0 Å². The molecule has 1 fully saturated rings. The molecule has 0 aromatic carbocycles. The Hall–Kier alpha value is -1.62. The third kappa shape index (κ3) is 3.67. The minimum atomic E-state index is 0.149. The second-order valence-corrected chi connectivity index (χ2v) is 5.29. The summed E-state index contributed by atoms with van der Waals surface area (Å²) in [5.41, 5.74) is 1.19. The zero-order valence-corrected chi connectivity index (χ0v) is 11.9. The summed E-state index contributed by atoms with van der Waals surface area (Å²) in [7, 11) is 3.96. The Bertz CT molecular complexity index is 430. The summed E-state index contributed by atoms with van der Waals surface area (Å²) in [6.07, 6.45) is 2.50. The summed E-state index contributed by atoms with van der Waals surface area (Å²) >= 11 is 0. The van der Waals surface area contributed by atoms with Gasteiger partial charge in [0.15, 0.2) is 0 Å². The Kier molecular flexibility index (Phi) is 4.37. The van der Waals surface area contributed by atoms with E-state index in [0.29, 0.717) is 12.5 Å².